The fourth-order valence-corrected chi connectivity index (χ4v) is 3.45. The van der Waals surface area contributed by atoms with E-state index in [9.17, 15) is 5.11 Å². The Balaban J connectivity index is 1.93. The van der Waals surface area contributed by atoms with E-state index in [1.807, 2.05) is 29.6 Å². The van der Waals surface area contributed by atoms with Gasteiger partial charge in [-0.15, -0.1) is 11.3 Å². The predicted octanol–water partition coefficient (Wildman–Crippen LogP) is 4.42. The number of hydrogen-bond donors (Lipinski definition) is 1. The van der Waals surface area contributed by atoms with Crippen molar-refractivity contribution >= 4 is 43.2 Å². The van der Waals surface area contributed by atoms with E-state index >= 15 is 0 Å². The van der Waals surface area contributed by atoms with Crippen LogP contribution in [0, 0.1) is 0 Å². The number of thiophene rings is 1. The molecule has 17 heavy (non-hydrogen) atoms. The third kappa shape index (κ3) is 4.21. The van der Waals surface area contributed by atoms with Crippen LogP contribution in [-0.4, -0.2) is 11.2 Å². The molecule has 1 heterocycles. The van der Waals surface area contributed by atoms with Crippen molar-refractivity contribution in [2.75, 3.05) is 0 Å². The van der Waals surface area contributed by atoms with Crippen LogP contribution < -0.4 is 0 Å². The Kier molecular flexibility index (Phi) is 4.79. The number of halogens is 2. The lowest BCUT2D eigenvalue weighted by molar-refractivity contribution is 0.176. The minimum absolute atomic E-state index is 0.318. The summed E-state index contributed by atoms with van der Waals surface area (Å²) in [5.74, 6) is 0. The largest absolute Gasteiger partial charge is 0.392 e. The van der Waals surface area contributed by atoms with Gasteiger partial charge in [0.25, 0.3) is 0 Å². The summed E-state index contributed by atoms with van der Waals surface area (Å²) in [6.07, 6.45) is 1.09. The molecule has 0 bridgehead atoms. The minimum atomic E-state index is -0.318. The lowest BCUT2D eigenvalue weighted by atomic mass is 10.1. The Morgan fingerprint density at radius 2 is 1.76 bits per heavy atom. The molecule has 0 aliphatic rings. The molecule has 1 nitrogen and oxygen atoms in total. The fourth-order valence-electron chi connectivity index (χ4n) is 1.66. The van der Waals surface area contributed by atoms with Crippen molar-refractivity contribution in [3.63, 3.8) is 0 Å². The first-order valence-electron chi connectivity index (χ1n) is 5.29. The van der Waals surface area contributed by atoms with Crippen LogP contribution in [-0.2, 0) is 12.8 Å². The maximum atomic E-state index is 10.0. The summed E-state index contributed by atoms with van der Waals surface area (Å²) in [5, 5.41) is 12.1. The SMILES string of the molecule is OC(Cc1ccc(Br)cc1)Cc1cc(Br)cs1. The number of rotatable bonds is 4. The standard InChI is InChI=1S/C13H12Br2OS/c14-10-3-1-9(2-4-10)5-12(16)7-13-6-11(15)8-17-13/h1-4,6,8,12,16H,5,7H2. The molecule has 1 aromatic heterocycles. The molecule has 1 unspecified atom stereocenters. The van der Waals surface area contributed by atoms with Crippen LogP contribution in [0.3, 0.4) is 0 Å². The molecule has 0 radical (unpaired) electrons. The molecule has 0 fully saturated rings. The maximum absolute atomic E-state index is 10.0. The summed E-state index contributed by atoms with van der Waals surface area (Å²) < 4.78 is 2.16. The molecular formula is C13H12Br2OS. The van der Waals surface area contributed by atoms with Gasteiger partial charge >= 0.3 is 0 Å². The van der Waals surface area contributed by atoms with Gasteiger partial charge in [-0.1, -0.05) is 28.1 Å². The minimum Gasteiger partial charge on any atom is -0.392 e. The zero-order valence-corrected chi connectivity index (χ0v) is 13.1. The first kappa shape index (κ1) is 13.3. The molecule has 0 aliphatic carbocycles. The van der Waals surface area contributed by atoms with E-state index in [2.05, 4.69) is 37.9 Å². The van der Waals surface area contributed by atoms with Crippen molar-refractivity contribution in [3.8, 4) is 0 Å². The Bertz CT molecular complexity index is 478. The molecule has 0 spiro atoms. The molecular weight excluding hydrogens is 364 g/mol. The summed E-state index contributed by atoms with van der Waals surface area (Å²) in [5.41, 5.74) is 1.16. The van der Waals surface area contributed by atoms with Crippen LogP contribution in [0.25, 0.3) is 0 Å². The molecule has 4 heteroatoms. The molecule has 90 valence electrons. The molecule has 1 N–H and O–H groups in total. The topological polar surface area (TPSA) is 20.2 Å². The number of benzene rings is 1. The third-order valence-electron chi connectivity index (χ3n) is 2.44. The van der Waals surface area contributed by atoms with Gasteiger partial charge in [0.15, 0.2) is 0 Å². The van der Waals surface area contributed by atoms with Crippen LogP contribution in [0.5, 0.6) is 0 Å². The molecule has 0 amide bonds. The average molecular weight is 376 g/mol. The number of aliphatic hydroxyl groups excluding tert-OH is 1. The summed E-state index contributed by atoms with van der Waals surface area (Å²) >= 11 is 8.50. The van der Waals surface area contributed by atoms with Crippen LogP contribution >= 0.6 is 43.2 Å². The predicted molar refractivity (Wildman–Crippen MR) is 79.6 cm³/mol. The average Bonchev–Trinajstić information content (AvgIpc) is 2.67. The Morgan fingerprint density at radius 1 is 1.06 bits per heavy atom. The highest BCUT2D eigenvalue weighted by Gasteiger charge is 2.08. The number of aliphatic hydroxyl groups is 1. The van der Waals surface area contributed by atoms with Gasteiger partial charge in [-0.25, -0.2) is 0 Å². The lowest BCUT2D eigenvalue weighted by Crippen LogP contribution is -2.13. The second-order valence-electron chi connectivity index (χ2n) is 3.92. The van der Waals surface area contributed by atoms with Gasteiger partial charge < -0.3 is 5.11 Å². The molecule has 0 saturated heterocycles. The van der Waals surface area contributed by atoms with E-state index in [0.717, 1.165) is 14.5 Å². The molecule has 1 atom stereocenters. The highest BCUT2D eigenvalue weighted by atomic mass is 79.9. The third-order valence-corrected chi connectivity index (χ3v) is 4.69. The highest BCUT2D eigenvalue weighted by molar-refractivity contribution is 9.10. The van der Waals surface area contributed by atoms with Crippen molar-refractivity contribution < 1.29 is 5.11 Å². The van der Waals surface area contributed by atoms with Crippen molar-refractivity contribution in [3.05, 3.63) is 55.1 Å². The van der Waals surface area contributed by atoms with Gasteiger partial charge in [0.2, 0.25) is 0 Å². The summed E-state index contributed by atoms with van der Waals surface area (Å²) in [6, 6.07) is 10.2. The van der Waals surface area contributed by atoms with E-state index in [4.69, 9.17) is 0 Å². The molecule has 0 aliphatic heterocycles. The lowest BCUT2D eigenvalue weighted by Gasteiger charge is -2.09. The van der Waals surface area contributed by atoms with E-state index in [0.29, 0.717) is 12.8 Å². The van der Waals surface area contributed by atoms with Gasteiger partial charge in [0.1, 0.15) is 0 Å². The fraction of sp³-hybridized carbons (Fsp3) is 0.231. The van der Waals surface area contributed by atoms with Crippen molar-refractivity contribution in [2.45, 2.75) is 18.9 Å². The van der Waals surface area contributed by atoms with Gasteiger partial charge in [-0.3, -0.25) is 0 Å². The van der Waals surface area contributed by atoms with Crippen LogP contribution in [0.15, 0.2) is 44.7 Å². The monoisotopic (exact) mass is 374 g/mol. The van der Waals surface area contributed by atoms with E-state index in [1.54, 1.807) is 11.3 Å². The first-order chi connectivity index (χ1) is 8.13. The van der Waals surface area contributed by atoms with Crippen molar-refractivity contribution in [2.24, 2.45) is 0 Å². The van der Waals surface area contributed by atoms with Crippen molar-refractivity contribution in [1.29, 1.82) is 0 Å². The molecule has 1 aromatic carbocycles. The molecule has 2 aromatic rings. The zero-order chi connectivity index (χ0) is 12.3. The van der Waals surface area contributed by atoms with E-state index in [-0.39, 0.29) is 6.10 Å². The summed E-state index contributed by atoms with van der Waals surface area (Å²) in [4.78, 5) is 1.21. The first-order valence-corrected chi connectivity index (χ1v) is 7.75. The highest BCUT2D eigenvalue weighted by Crippen LogP contribution is 2.22. The quantitative estimate of drug-likeness (QED) is 0.838. The van der Waals surface area contributed by atoms with Crippen LogP contribution in [0.1, 0.15) is 10.4 Å². The molecule has 2 rings (SSSR count). The van der Waals surface area contributed by atoms with Crippen LogP contribution in [0.4, 0.5) is 0 Å². The second kappa shape index (κ2) is 6.14. The van der Waals surface area contributed by atoms with Crippen LogP contribution in [0.2, 0.25) is 0 Å². The van der Waals surface area contributed by atoms with Gasteiger partial charge in [-0.2, -0.15) is 0 Å². The maximum Gasteiger partial charge on any atom is 0.0628 e. The van der Waals surface area contributed by atoms with Gasteiger partial charge in [0, 0.05) is 25.6 Å². The second-order valence-corrected chi connectivity index (χ2v) is 6.75. The normalized spacial score (nSPS) is 12.6. The summed E-state index contributed by atoms with van der Waals surface area (Å²) in [7, 11) is 0. The van der Waals surface area contributed by atoms with Gasteiger partial charge in [-0.05, 0) is 46.1 Å². The Labute approximate surface area is 122 Å². The van der Waals surface area contributed by atoms with E-state index in [1.165, 1.54) is 4.88 Å². The number of hydrogen-bond acceptors (Lipinski definition) is 2. The van der Waals surface area contributed by atoms with E-state index < -0.39 is 0 Å². The smallest absolute Gasteiger partial charge is 0.0628 e. The summed E-state index contributed by atoms with van der Waals surface area (Å²) in [6.45, 7) is 0. The Morgan fingerprint density at radius 3 is 2.35 bits per heavy atom. The Hall–Kier alpha value is -0.160. The molecule has 0 saturated carbocycles. The van der Waals surface area contributed by atoms with Gasteiger partial charge in [0.05, 0.1) is 6.10 Å². The van der Waals surface area contributed by atoms with Crippen molar-refractivity contribution in [1.82, 2.24) is 0 Å². The zero-order valence-electron chi connectivity index (χ0n) is 9.07.